The van der Waals surface area contributed by atoms with Gasteiger partial charge in [0.2, 0.25) is 0 Å². The van der Waals surface area contributed by atoms with E-state index in [-0.39, 0.29) is 5.92 Å². The van der Waals surface area contributed by atoms with E-state index in [1.54, 1.807) is 0 Å². The number of nitrogens with one attached hydrogen (secondary N) is 1. The molecule has 8 aromatic carbocycles. The van der Waals surface area contributed by atoms with Crippen molar-refractivity contribution in [2.24, 2.45) is 0 Å². The molecule has 0 aliphatic carbocycles. The number of fused-ring (bicyclic) bond motifs is 4. The van der Waals surface area contributed by atoms with E-state index in [1.165, 1.54) is 76.8 Å². The molecular formula is C48H32N2. The van der Waals surface area contributed by atoms with Crippen LogP contribution in [0.25, 0.3) is 65.7 Å². The Bertz CT molecular complexity index is 2710. The van der Waals surface area contributed by atoms with E-state index in [4.69, 9.17) is 0 Å². The van der Waals surface area contributed by atoms with Crippen LogP contribution in [-0.4, -0.2) is 4.98 Å². The third-order valence-electron chi connectivity index (χ3n) is 10.4. The van der Waals surface area contributed by atoms with Crippen molar-refractivity contribution in [2.45, 2.75) is 5.92 Å². The standard InChI is InChI=1S/C48H32N2/c1-2-10-33(11-3-1)47(41-15-6-12-31-9-4-5-14-39(31)41)34-20-18-32(19-21-34)40-24-25-45-48-42(40)16-7-17-43(48)44-28-36-23-22-35(37-13-8-26-49-30-37)27-38(36)29-46(44)50-45/h1-30,47,50H. The molecule has 1 aromatic heterocycles. The monoisotopic (exact) mass is 636 g/mol. The Kier molecular flexibility index (Phi) is 6.60. The summed E-state index contributed by atoms with van der Waals surface area (Å²) in [6.45, 7) is 0. The van der Waals surface area contributed by atoms with E-state index in [0.29, 0.717) is 0 Å². The fourth-order valence-corrected chi connectivity index (χ4v) is 8.02. The molecule has 2 nitrogen and oxygen atoms in total. The summed E-state index contributed by atoms with van der Waals surface area (Å²) >= 11 is 0. The summed E-state index contributed by atoms with van der Waals surface area (Å²) in [5.41, 5.74) is 13.4. The zero-order valence-electron chi connectivity index (χ0n) is 27.3. The molecule has 0 saturated carbocycles. The number of hydrogen-bond donors (Lipinski definition) is 1. The topological polar surface area (TPSA) is 24.9 Å². The lowest BCUT2D eigenvalue weighted by atomic mass is 9.82. The predicted molar refractivity (Wildman–Crippen MR) is 210 cm³/mol. The van der Waals surface area contributed by atoms with Crippen molar-refractivity contribution in [3.63, 3.8) is 0 Å². The predicted octanol–water partition coefficient (Wildman–Crippen LogP) is 12.8. The number of hydrogen-bond acceptors (Lipinski definition) is 2. The van der Waals surface area contributed by atoms with Gasteiger partial charge in [-0.05, 0) is 96.2 Å². The summed E-state index contributed by atoms with van der Waals surface area (Å²) in [6, 6.07) is 62.2. The lowest BCUT2D eigenvalue weighted by Gasteiger charge is -2.25. The van der Waals surface area contributed by atoms with Crippen LogP contribution < -0.4 is 5.32 Å². The normalized spacial score (nSPS) is 12.5. The molecule has 2 heteroatoms. The van der Waals surface area contributed by atoms with E-state index in [9.17, 15) is 0 Å². The summed E-state index contributed by atoms with van der Waals surface area (Å²) < 4.78 is 0. The molecule has 1 N–H and O–H groups in total. The Balaban J connectivity index is 1.06. The van der Waals surface area contributed by atoms with Crippen molar-refractivity contribution in [3.05, 3.63) is 199 Å². The highest BCUT2D eigenvalue weighted by Crippen LogP contribution is 2.48. The first-order chi connectivity index (χ1) is 24.8. The Morgan fingerprint density at radius 1 is 0.420 bits per heavy atom. The molecule has 0 saturated heterocycles. The largest absolute Gasteiger partial charge is 0.354 e. The highest BCUT2D eigenvalue weighted by molar-refractivity contribution is 6.16. The Labute approximate surface area is 291 Å². The molecule has 0 amide bonds. The van der Waals surface area contributed by atoms with Gasteiger partial charge in [0.25, 0.3) is 0 Å². The van der Waals surface area contributed by atoms with Gasteiger partial charge in [-0.2, -0.15) is 0 Å². The quantitative estimate of drug-likeness (QED) is 0.190. The smallest absolute Gasteiger partial charge is 0.0470 e. The molecule has 1 unspecified atom stereocenters. The van der Waals surface area contributed by atoms with E-state index >= 15 is 0 Å². The third-order valence-corrected chi connectivity index (χ3v) is 10.4. The fraction of sp³-hybridized carbons (Fsp3) is 0.0208. The molecular weight excluding hydrogens is 605 g/mol. The van der Waals surface area contributed by atoms with Gasteiger partial charge in [-0.25, -0.2) is 0 Å². The SMILES string of the molecule is c1ccc(C(c2ccc(-c3ccc4c5c(cccc35)-c3cc5ccc(-c6cccnc6)cc5cc3N4)cc2)c2cccc3ccccc23)cc1. The van der Waals surface area contributed by atoms with Crippen molar-refractivity contribution >= 4 is 43.7 Å². The summed E-state index contributed by atoms with van der Waals surface area (Å²) in [5, 5.41) is 11.3. The average Bonchev–Trinajstić information content (AvgIpc) is 3.18. The zero-order valence-corrected chi connectivity index (χ0v) is 27.3. The van der Waals surface area contributed by atoms with Crippen LogP contribution in [0, 0.1) is 0 Å². The van der Waals surface area contributed by atoms with Crippen molar-refractivity contribution in [1.82, 2.24) is 4.98 Å². The van der Waals surface area contributed by atoms with Crippen LogP contribution in [0.4, 0.5) is 11.4 Å². The number of nitrogens with zero attached hydrogens (tertiary/aromatic N) is 1. The second-order valence-electron chi connectivity index (χ2n) is 13.2. The first kappa shape index (κ1) is 28.5. The van der Waals surface area contributed by atoms with Crippen LogP contribution in [0.2, 0.25) is 0 Å². The van der Waals surface area contributed by atoms with Crippen LogP contribution >= 0.6 is 0 Å². The maximum atomic E-state index is 4.32. The molecule has 50 heavy (non-hydrogen) atoms. The molecule has 10 rings (SSSR count). The Hall–Kier alpha value is -6.51. The number of anilines is 2. The van der Waals surface area contributed by atoms with E-state index in [2.05, 4.69) is 174 Å². The van der Waals surface area contributed by atoms with E-state index in [1.807, 2.05) is 18.5 Å². The van der Waals surface area contributed by atoms with Gasteiger partial charge in [0.05, 0.1) is 0 Å². The van der Waals surface area contributed by atoms with Crippen molar-refractivity contribution in [2.75, 3.05) is 5.32 Å². The van der Waals surface area contributed by atoms with Crippen molar-refractivity contribution < 1.29 is 0 Å². The highest BCUT2D eigenvalue weighted by atomic mass is 14.9. The van der Waals surface area contributed by atoms with Crippen LogP contribution in [-0.2, 0) is 0 Å². The lowest BCUT2D eigenvalue weighted by Crippen LogP contribution is -2.04. The molecule has 0 bridgehead atoms. The maximum absolute atomic E-state index is 4.32. The van der Waals surface area contributed by atoms with E-state index in [0.717, 1.165) is 16.9 Å². The van der Waals surface area contributed by atoms with Crippen molar-refractivity contribution in [1.29, 1.82) is 0 Å². The van der Waals surface area contributed by atoms with Gasteiger partial charge in [0.1, 0.15) is 0 Å². The van der Waals surface area contributed by atoms with Gasteiger partial charge >= 0.3 is 0 Å². The molecule has 1 aliphatic heterocycles. The minimum absolute atomic E-state index is 0.128. The van der Waals surface area contributed by atoms with Crippen LogP contribution in [0.1, 0.15) is 22.6 Å². The maximum Gasteiger partial charge on any atom is 0.0470 e. The molecule has 9 aromatic rings. The van der Waals surface area contributed by atoms with Gasteiger partial charge in [-0.1, -0.05) is 140 Å². The van der Waals surface area contributed by atoms with Gasteiger partial charge in [-0.15, -0.1) is 0 Å². The van der Waals surface area contributed by atoms with Gasteiger partial charge in [0.15, 0.2) is 0 Å². The fourth-order valence-electron chi connectivity index (χ4n) is 8.02. The van der Waals surface area contributed by atoms with Gasteiger partial charge in [0, 0.05) is 46.2 Å². The molecule has 0 radical (unpaired) electrons. The molecule has 2 heterocycles. The summed E-state index contributed by atoms with van der Waals surface area (Å²) in [4.78, 5) is 4.32. The molecule has 1 aliphatic rings. The number of rotatable bonds is 5. The van der Waals surface area contributed by atoms with Gasteiger partial charge < -0.3 is 5.32 Å². The Morgan fingerprint density at radius 2 is 1.20 bits per heavy atom. The molecule has 234 valence electrons. The molecule has 0 fully saturated rings. The minimum atomic E-state index is 0.128. The second-order valence-corrected chi connectivity index (χ2v) is 13.2. The zero-order chi connectivity index (χ0) is 33.0. The molecule has 0 spiro atoms. The van der Waals surface area contributed by atoms with E-state index < -0.39 is 0 Å². The summed E-state index contributed by atoms with van der Waals surface area (Å²) in [6.07, 6.45) is 3.74. The van der Waals surface area contributed by atoms with Crippen LogP contribution in [0.3, 0.4) is 0 Å². The number of benzene rings is 8. The number of aromatic nitrogens is 1. The third kappa shape index (κ3) is 4.69. The minimum Gasteiger partial charge on any atom is -0.354 e. The lowest BCUT2D eigenvalue weighted by molar-refractivity contribution is 0.989. The van der Waals surface area contributed by atoms with Crippen LogP contribution in [0.5, 0.6) is 0 Å². The molecule has 1 atom stereocenters. The van der Waals surface area contributed by atoms with Crippen molar-refractivity contribution in [3.8, 4) is 33.4 Å². The summed E-state index contributed by atoms with van der Waals surface area (Å²) in [7, 11) is 0. The first-order valence-corrected chi connectivity index (χ1v) is 17.2. The van der Waals surface area contributed by atoms with Gasteiger partial charge in [-0.3, -0.25) is 4.98 Å². The Morgan fingerprint density at radius 3 is 2.08 bits per heavy atom. The first-order valence-electron chi connectivity index (χ1n) is 17.2. The number of pyridine rings is 1. The highest BCUT2D eigenvalue weighted by Gasteiger charge is 2.22. The van der Waals surface area contributed by atoms with Crippen LogP contribution in [0.15, 0.2) is 182 Å². The average molecular weight is 637 g/mol. The summed E-state index contributed by atoms with van der Waals surface area (Å²) in [5.74, 6) is 0.128. The second kappa shape index (κ2) is 11.6.